The molecule has 21 heavy (non-hydrogen) atoms. The average molecular weight is 291 g/mol. The van der Waals surface area contributed by atoms with E-state index in [0.29, 0.717) is 12.7 Å². The van der Waals surface area contributed by atoms with Crippen LogP contribution in [0.25, 0.3) is 0 Å². The highest BCUT2D eigenvalue weighted by Gasteiger charge is 2.27. The first kappa shape index (κ1) is 16.8. The number of hydrogen-bond acceptors (Lipinski definition) is 4. The van der Waals surface area contributed by atoms with Gasteiger partial charge in [-0.25, -0.2) is 4.79 Å². The first-order chi connectivity index (χ1) is 9.80. The van der Waals surface area contributed by atoms with Crippen LogP contribution in [0.4, 0.5) is 0 Å². The Bertz CT molecular complexity index is 517. The summed E-state index contributed by atoms with van der Waals surface area (Å²) >= 11 is 0. The molecule has 0 aromatic heterocycles. The highest BCUT2D eigenvalue weighted by atomic mass is 16.6. The van der Waals surface area contributed by atoms with E-state index in [4.69, 9.17) is 4.74 Å². The first-order valence-electron chi connectivity index (χ1n) is 6.66. The van der Waals surface area contributed by atoms with Gasteiger partial charge in [-0.2, -0.15) is 0 Å². The molecule has 1 rings (SSSR count). The minimum atomic E-state index is -0.750. The third kappa shape index (κ3) is 4.63. The van der Waals surface area contributed by atoms with Crippen molar-refractivity contribution in [3.05, 3.63) is 47.9 Å². The number of amides is 1. The highest BCUT2D eigenvalue weighted by molar-refractivity contribution is 5.90. The van der Waals surface area contributed by atoms with Gasteiger partial charge in [-0.3, -0.25) is 9.69 Å². The van der Waals surface area contributed by atoms with Gasteiger partial charge >= 0.3 is 5.97 Å². The molecule has 1 atom stereocenters. The SMILES string of the molecule is C[C@H](c1ccccc1)N(C=O)/C(=C/O)C(=O)OC(C)(C)C. The molecule has 5 heteroatoms. The fourth-order valence-electron chi connectivity index (χ4n) is 1.80. The molecule has 0 aliphatic rings. The molecule has 114 valence electrons. The van der Waals surface area contributed by atoms with Crippen molar-refractivity contribution in [2.24, 2.45) is 0 Å². The Kier molecular flexibility index (Phi) is 5.52. The number of carbonyl (C=O) groups is 2. The van der Waals surface area contributed by atoms with Crippen molar-refractivity contribution in [1.82, 2.24) is 4.90 Å². The van der Waals surface area contributed by atoms with Crippen molar-refractivity contribution in [2.75, 3.05) is 0 Å². The lowest BCUT2D eigenvalue weighted by atomic mass is 10.1. The Morgan fingerprint density at radius 3 is 2.29 bits per heavy atom. The van der Waals surface area contributed by atoms with Gasteiger partial charge in [0.05, 0.1) is 6.04 Å². The standard InChI is InChI=1S/C16H21NO4/c1-12(13-8-6-5-7-9-13)17(11-19)14(10-18)15(20)21-16(2,3)4/h5-12,18H,1-4H3/b14-10+/t12-/m1/s1. The summed E-state index contributed by atoms with van der Waals surface area (Å²) in [6.45, 7) is 6.90. The molecule has 1 aromatic carbocycles. The van der Waals surface area contributed by atoms with E-state index in [-0.39, 0.29) is 5.70 Å². The molecule has 1 amide bonds. The van der Waals surface area contributed by atoms with E-state index < -0.39 is 17.6 Å². The molecule has 0 bridgehead atoms. The monoisotopic (exact) mass is 291 g/mol. The lowest BCUT2D eigenvalue weighted by Gasteiger charge is -2.28. The third-order valence-corrected chi connectivity index (χ3v) is 2.82. The summed E-state index contributed by atoms with van der Waals surface area (Å²) in [5, 5.41) is 9.33. The lowest BCUT2D eigenvalue weighted by Crippen LogP contribution is -2.34. The van der Waals surface area contributed by atoms with E-state index in [2.05, 4.69) is 0 Å². The largest absolute Gasteiger partial charge is 0.513 e. The molecule has 0 heterocycles. The van der Waals surface area contributed by atoms with Crippen LogP contribution in [-0.2, 0) is 14.3 Å². The van der Waals surface area contributed by atoms with Crippen molar-refractivity contribution < 1.29 is 19.4 Å². The zero-order valence-corrected chi connectivity index (χ0v) is 12.7. The van der Waals surface area contributed by atoms with Crippen LogP contribution in [0.15, 0.2) is 42.3 Å². The van der Waals surface area contributed by atoms with Crippen molar-refractivity contribution in [1.29, 1.82) is 0 Å². The third-order valence-electron chi connectivity index (χ3n) is 2.82. The Balaban J connectivity index is 3.01. The van der Waals surface area contributed by atoms with Crippen LogP contribution in [0.5, 0.6) is 0 Å². The van der Waals surface area contributed by atoms with Gasteiger partial charge in [-0.05, 0) is 33.3 Å². The van der Waals surface area contributed by atoms with Gasteiger partial charge in [0.1, 0.15) is 11.9 Å². The Labute approximate surface area is 124 Å². The van der Waals surface area contributed by atoms with Crippen LogP contribution in [0.1, 0.15) is 39.3 Å². The molecule has 1 aromatic rings. The summed E-state index contributed by atoms with van der Waals surface area (Å²) in [4.78, 5) is 24.6. The Morgan fingerprint density at radius 2 is 1.86 bits per heavy atom. The molecular weight excluding hydrogens is 270 g/mol. The minimum Gasteiger partial charge on any atom is -0.513 e. The predicted octanol–water partition coefficient (Wildman–Crippen LogP) is 2.95. The summed E-state index contributed by atoms with van der Waals surface area (Å²) in [5.41, 5.74) is -0.0700. The van der Waals surface area contributed by atoms with Gasteiger partial charge in [0.2, 0.25) is 6.41 Å². The average Bonchev–Trinajstić information content (AvgIpc) is 2.42. The van der Waals surface area contributed by atoms with Crippen LogP contribution < -0.4 is 0 Å². The van der Waals surface area contributed by atoms with Crippen LogP contribution in [0.3, 0.4) is 0 Å². The lowest BCUT2D eigenvalue weighted by molar-refractivity contribution is -0.153. The van der Waals surface area contributed by atoms with Crippen LogP contribution in [0.2, 0.25) is 0 Å². The second-order valence-corrected chi connectivity index (χ2v) is 5.62. The van der Waals surface area contributed by atoms with E-state index in [0.717, 1.165) is 10.5 Å². The maximum absolute atomic E-state index is 12.1. The van der Waals surface area contributed by atoms with Crippen molar-refractivity contribution >= 4 is 12.4 Å². The molecule has 0 radical (unpaired) electrons. The van der Waals surface area contributed by atoms with Crippen molar-refractivity contribution in [3.63, 3.8) is 0 Å². The summed E-state index contributed by atoms with van der Waals surface area (Å²) in [6, 6.07) is 8.80. The number of carbonyl (C=O) groups excluding carboxylic acids is 2. The van der Waals surface area contributed by atoms with Gasteiger partial charge in [0.25, 0.3) is 0 Å². The summed E-state index contributed by atoms with van der Waals surface area (Å²) in [7, 11) is 0. The van der Waals surface area contributed by atoms with Crippen molar-refractivity contribution in [2.45, 2.75) is 39.3 Å². The van der Waals surface area contributed by atoms with Crippen LogP contribution in [0, 0.1) is 0 Å². The maximum Gasteiger partial charge on any atom is 0.358 e. The number of aliphatic hydroxyl groups excluding tert-OH is 1. The smallest absolute Gasteiger partial charge is 0.358 e. The second-order valence-electron chi connectivity index (χ2n) is 5.62. The molecule has 0 spiro atoms. The van der Waals surface area contributed by atoms with Crippen molar-refractivity contribution in [3.8, 4) is 0 Å². The first-order valence-corrected chi connectivity index (χ1v) is 6.66. The molecule has 0 aliphatic heterocycles. The fourth-order valence-corrected chi connectivity index (χ4v) is 1.80. The van der Waals surface area contributed by atoms with Gasteiger partial charge in [-0.1, -0.05) is 30.3 Å². The van der Waals surface area contributed by atoms with E-state index in [1.54, 1.807) is 27.7 Å². The minimum absolute atomic E-state index is 0.198. The number of aliphatic hydroxyl groups is 1. The van der Waals surface area contributed by atoms with Gasteiger partial charge in [0.15, 0.2) is 5.70 Å². The molecule has 0 unspecified atom stereocenters. The van der Waals surface area contributed by atoms with Crippen LogP contribution >= 0.6 is 0 Å². The molecule has 0 aliphatic carbocycles. The molecular formula is C16H21NO4. The number of ether oxygens (including phenoxy) is 1. The van der Waals surface area contributed by atoms with Gasteiger partial charge < -0.3 is 9.84 Å². The zero-order chi connectivity index (χ0) is 16.0. The summed E-state index contributed by atoms with van der Waals surface area (Å²) in [5.74, 6) is -0.750. The number of benzene rings is 1. The summed E-state index contributed by atoms with van der Waals surface area (Å²) in [6.07, 6.45) is 1.10. The molecule has 5 nitrogen and oxygen atoms in total. The predicted molar refractivity (Wildman–Crippen MR) is 79.3 cm³/mol. The van der Waals surface area contributed by atoms with E-state index in [1.807, 2.05) is 30.3 Å². The van der Waals surface area contributed by atoms with Gasteiger partial charge in [0, 0.05) is 0 Å². The van der Waals surface area contributed by atoms with E-state index >= 15 is 0 Å². The number of hydrogen-bond donors (Lipinski definition) is 1. The topological polar surface area (TPSA) is 66.8 Å². The summed E-state index contributed by atoms with van der Waals surface area (Å²) < 4.78 is 5.19. The molecule has 0 saturated carbocycles. The zero-order valence-electron chi connectivity index (χ0n) is 12.7. The number of rotatable bonds is 5. The highest BCUT2D eigenvalue weighted by Crippen LogP contribution is 2.24. The Hall–Kier alpha value is -2.30. The van der Waals surface area contributed by atoms with E-state index in [9.17, 15) is 14.7 Å². The Morgan fingerprint density at radius 1 is 1.29 bits per heavy atom. The quantitative estimate of drug-likeness (QED) is 0.392. The fraction of sp³-hybridized carbons (Fsp3) is 0.375. The maximum atomic E-state index is 12.1. The molecule has 1 N–H and O–H groups in total. The van der Waals surface area contributed by atoms with Crippen LogP contribution in [-0.4, -0.2) is 28.0 Å². The normalized spacial score (nSPS) is 13.4. The van der Waals surface area contributed by atoms with Gasteiger partial charge in [-0.15, -0.1) is 0 Å². The number of esters is 1. The van der Waals surface area contributed by atoms with E-state index in [1.165, 1.54) is 0 Å². The molecule has 0 saturated heterocycles. The number of nitrogens with zero attached hydrogens (tertiary/aromatic N) is 1. The molecule has 0 fully saturated rings. The second kappa shape index (κ2) is 6.92.